The Morgan fingerprint density at radius 2 is 1.85 bits per heavy atom. The van der Waals surface area contributed by atoms with Gasteiger partial charge in [-0.1, -0.05) is 30.3 Å². The maximum atomic E-state index is 4.77. The molecule has 0 radical (unpaired) electrons. The summed E-state index contributed by atoms with van der Waals surface area (Å²) in [6.45, 7) is 4.31. The lowest BCUT2D eigenvalue weighted by molar-refractivity contribution is 0.367. The molecular formula is C17H21N3. The Labute approximate surface area is 120 Å². The average molecular weight is 267 g/mol. The smallest absolute Gasteiger partial charge is 0.129 e. The van der Waals surface area contributed by atoms with Crippen molar-refractivity contribution in [3.63, 3.8) is 0 Å². The number of nitrogens with one attached hydrogen (secondary N) is 1. The van der Waals surface area contributed by atoms with Crippen molar-refractivity contribution in [2.45, 2.75) is 26.2 Å². The van der Waals surface area contributed by atoms with Crippen molar-refractivity contribution < 1.29 is 0 Å². The van der Waals surface area contributed by atoms with Gasteiger partial charge >= 0.3 is 0 Å². The van der Waals surface area contributed by atoms with E-state index < -0.39 is 0 Å². The van der Waals surface area contributed by atoms with Crippen LogP contribution in [-0.4, -0.2) is 23.1 Å². The first-order valence-electron chi connectivity index (χ1n) is 7.42. The maximum Gasteiger partial charge on any atom is 0.129 e. The van der Waals surface area contributed by atoms with Crippen LogP contribution in [0.15, 0.2) is 36.4 Å². The quantitative estimate of drug-likeness (QED) is 0.929. The van der Waals surface area contributed by atoms with Crippen LogP contribution in [-0.2, 0) is 6.42 Å². The molecule has 1 N–H and O–H groups in total. The lowest BCUT2D eigenvalue weighted by Crippen LogP contribution is -2.29. The number of aromatic nitrogens is 2. The Hall–Kier alpha value is -1.74. The van der Waals surface area contributed by atoms with Crippen molar-refractivity contribution in [1.82, 2.24) is 15.3 Å². The first-order valence-corrected chi connectivity index (χ1v) is 7.42. The first kappa shape index (κ1) is 13.3. The van der Waals surface area contributed by atoms with Gasteiger partial charge in [0.2, 0.25) is 0 Å². The third-order valence-corrected chi connectivity index (χ3v) is 3.90. The van der Waals surface area contributed by atoms with E-state index in [2.05, 4.69) is 47.6 Å². The molecule has 20 heavy (non-hydrogen) atoms. The SMILES string of the molecule is Cc1cc(-c2ccccc2)nc(CC2CCNCC2)n1. The molecule has 1 saturated heterocycles. The van der Waals surface area contributed by atoms with E-state index in [0.29, 0.717) is 0 Å². The largest absolute Gasteiger partial charge is 0.317 e. The average Bonchev–Trinajstić information content (AvgIpc) is 2.49. The minimum Gasteiger partial charge on any atom is -0.317 e. The molecule has 1 aromatic carbocycles. The van der Waals surface area contributed by atoms with Crippen molar-refractivity contribution in [3.05, 3.63) is 47.9 Å². The van der Waals surface area contributed by atoms with Crippen molar-refractivity contribution in [2.75, 3.05) is 13.1 Å². The Morgan fingerprint density at radius 1 is 1.10 bits per heavy atom. The van der Waals surface area contributed by atoms with Gasteiger partial charge in [0.15, 0.2) is 0 Å². The summed E-state index contributed by atoms with van der Waals surface area (Å²) in [6.07, 6.45) is 3.47. The summed E-state index contributed by atoms with van der Waals surface area (Å²) in [4.78, 5) is 9.39. The summed E-state index contributed by atoms with van der Waals surface area (Å²) in [5, 5.41) is 3.41. The van der Waals surface area contributed by atoms with Crippen LogP contribution in [0.25, 0.3) is 11.3 Å². The number of hydrogen-bond acceptors (Lipinski definition) is 3. The minimum absolute atomic E-state index is 0.724. The summed E-state index contributed by atoms with van der Waals surface area (Å²) >= 11 is 0. The monoisotopic (exact) mass is 267 g/mol. The summed E-state index contributed by atoms with van der Waals surface area (Å²) in [7, 11) is 0. The van der Waals surface area contributed by atoms with Gasteiger partial charge in [0.05, 0.1) is 5.69 Å². The van der Waals surface area contributed by atoms with Crippen molar-refractivity contribution in [2.24, 2.45) is 5.92 Å². The van der Waals surface area contributed by atoms with Crippen LogP contribution in [0.5, 0.6) is 0 Å². The summed E-state index contributed by atoms with van der Waals surface area (Å²) < 4.78 is 0. The Morgan fingerprint density at radius 3 is 2.60 bits per heavy atom. The van der Waals surface area contributed by atoms with Crippen molar-refractivity contribution in [3.8, 4) is 11.3 Å². The zero-order valence-corrected chi connectivity index (χ0v) is 12.0. The molecule has 0 amide bonds. The van der Waals surface area contributed by atoms with Gasteiger partial charge in [-0.05, 0) is 44.8 Å². The lowest BCUT2D eigenvalue weighted by atomic mass is 9.94. The summed E-state index contributed by atoms with van der Waals surface area (Å²) in [5.41, 5.74) is 3.27. The van der Waals surface area contributed by atoms with Crippen LogP contribution in [0.3, 0.4) is 0 Å². The molecule has 0 spiro atoms. The summed E-state index contributed by atoms with van der Waals surface area (Å²) in [6, 6.07) is 12.4. The third-order valence-electron chi connectivity index (χ3n) is 3.90. The van der Waals surface area contributed by atoms with Gasteiger partial charge in [0.1, 0.15) is 5.82 Å². The Balaban J connectivity index is 1.83. The predicted molar refractivity (Wildman–Crippen MR) is 81.5 cm³/mol. The molecule has 0 atom stereocenters. The zero-order valence-electron chi connectivity index (χ0n) is 12.0. The van der Waals surface area contributed by atoms with Gasteiger partial charge in [0.25, 0.3) is 0 Å². The zero-order chi connectivity index (χ0) is 13.8. The molecule has 2 heterocycles. The molecule has 3 nitrogen and oxygen atoms in total. The molecule has 0 unspecified atom stereocenters. The van der Waals surface area contributed by atoms with E-state index in [1.807, 2.05) is 6.07 Å². The van der Waals surface area contributed by atoms with Crippen LogP contribution < -0.4 is 5.32 Å². The predicted octanol–water partition coefficient (Wildman–Crippen LogP) is 2.99. The second-order valence-corrected chi connectivity index (χ2v) is 5.57. The van der Waals surface area contributed by atoms with Gasteiger partial charge < -0.3 is 5.32 Å². The lowest BCUT2D eigenvalue weighted by Gasteiger charge is -2.22. The fourth-order valence-electron chi connectivity index (χ4n) is 2.82. The fourth-order valence-corrected chi connectivity index (χ4v) is 2.82. The van der Waals surface area contributed by atoms with E-state index in [1.54, 1.807) is 0 Å². The number of nitrogens with zero attached hydrogens (tertiary/aromatic N) is 2. The number of piperidine rings is 1. The molecule has 2 aromatic rings. The van der Waals surface area contributed by atoms with Crippen LogP contribution in [0.2, 0.25) is 0 Å². The number of benzene rings is 1. The number of rotatable bonds is 3. The van der Waals surface area contributed by atoms with E-state index in [0.717, 1.165) is 42.6 Å². The van der Waals surface area contributed by atoms with Crippen LogP contribution in [0, 0.1) is 12.8 Å². The second-order valence-electron chi connectivity index (χ2n) is 5.57. The normalized spacial score (nSPS) is 16.2. The van der Waals surface area contributed by atoms with Gasteiger partial charge in [0, 0.05) is 17.7 Å². The standard InChI is InChI=1S/C17H21N3/c1-13-11-16(15-5-3-2-4-6-15)20-17(19-13)12-14-7-9-18-10-8-14/h2-6,11,14,18H,7-10,12H2,1H3. The molecule has 1 aromatic heterocycles. The Kier molecular flexibility index (Phi) is 4.07. The molecule has 1 fully saturated rings. The molecule has 0 aliphatic carbocycles. The first-order chi connectivity index (χ1) is 9.81. The molecule has 0 bridgehead atoms. The highest BCUT2D eigenvalue weighted by molar-refractivity contribution is 5.58. The van der Waals surface area contributed by atoms with Crippen LogP contribution in [0.4, 0.5) is 0 Å². The maximum absolute atomic E-state index is 4.77. The van der Waals surface area contributed by atoms with Gasteiger partial charge in [-0.15, -0.1) is 0 Å². The molecule has 0 saturated carbocycles. The second kappa shape index (κ2) is 6.14. The highest BCUT2D eigenvalue weighted by Gasteiger charge is 2.15. The van der Waals surface area contributed by atoms with E-state index in [9.17, 15) is 0 Å². The van der Waals surface area contributed by atoms with E-state index in [-0.39, 0.29) is 0 Å². The minimum atomic E-state index is 0.724. The van der Waals surface area contributed by atoms with Crippen molar-refractivity contribution in [1.29, 1.82) is 0 Å². The van der Waals surface area contributed by atoms with Crippen LogP contribution in [0.1, 0.15) is 24.4 Å². The van der Waals surface area contributed by atoms with Gasteiger partial charge in [-0.2, -0.15) is 0 Å². The highest BCUT2D eigenvalue weighted by atomic mass is 14.9. The Bertz CT molecular complexity index is 560. The van der Waals surface area contributed by atoms with Gasteiger partial charge in [-0.25, -0.2) is 9.97 Å². The fraction of sp³-hybridized carbons (Fsp3) is 0.412. The van der Waals surface area contributed by atoms with Gasteiger partial charge in [-0.3, -0.25) is 0 Å². The molecule has 1 aliphatic heterocycles. The van der Waals surface area contributed by atoms with E-state index >= 15 is 0 Å². The molecule has 3 heteroatoms. The molecule has 1 aliphatic rings. The van der Waals surface area contributed by atoms with Crippen LogP contribution >= 0.6 is 0 Å². The molecule has 3 rings (SSSR count). The number of hydrogen-bond donors (Lipinski definition) is 1. The van der Waals surface area contributed by atoms with E-state index in [1.165, 1.54) is 18.4 Å². The molecule has 104 valence electrons. The third kappa shape index (κ3) is 3.23. The molecular weight excluding hydrogens is 246 g/mol. The van der Waals surface area contributed by atoms with Crippen molar-refractivity contribution >= 4 is 0 Å². The van der Waals surface area contributed by atoms with E-state index in [4.69, 9.17) is 4.98 Å². The summed E-state index contributed by atoms with van der Waals surface area (Å²) in [5.74, 6) is 1.72. The highest BCUT2D eigenvalue weighted by Crippen LogP contribution is 2.20. The number of aryl methyl sites for hydroxylation is 1. The topological polar surface area (TPSA) is 37.8 Å².